The second-order valence-corrected chi connectivity index (χ2v) is 3.37. The second kappa shape index (κ2) is 5.24. The molecule has 0 heterocycles. The topological polar surface area (TPSA) is 75.5 Å². The highest BCUT2D eigenvalue weighted by atomic mass is 19.1. The van der Waals surface area contributed by atoms with Crippen molar-refractivity contribution in [2.24, 2.45) is 0 Å². The van der Waals surface area contributed by atoms with Gasteiger partial charge in [-0.15, -0.1) is 0 Å². The number of nitro groups is 1. The molecule has 1 aromatic rings. The van der Waals surface area contributed by atoms with E-state index in [0.717, 1.165) is 12.1 Å². The summed E-state index contributed by atoms with van der Waals surface area (Å²) in [4.78, 5) is 22.4. The number of carbonyl (C=O) groups excluding carboxylic acids is 1. The van der Waals surface area contributed by atoms with E-state index in [1.54, 1.807) is 14.0 Å². The number of halogens is 1. The molecule has 92 valence electrons. The Morgan fingerprint density at radius 1 is 1.59 bits per heavy atom. The minimum absolute atomic E-state index is 0.179. The summed E-state index contributed by atoms with van der Waals surface area (Å²) in [6, 6.07) is 2.81. The third-order valence-electron chi connectivity index (χ3n) is 2.22. The Bertz CT molecular complexity index is 450. The maximum absolute atomic E-state index is 13.2. The zero-order valence-electron chi connectivity index (χ0n) is 9.44. The number of hydrogen-bond donors (Lipinski definition) is 1. The van der Waals surface area contributed by atoms with Gasteiger partial charge in [-0.25, -0.2) is 4.79 Å². The van der Waals surface area contributed by atoms with Gasteiger partial charge in [0.05, 0.1) is 4.92 Å². The number of carbonyl (C=O) groups is 1. The molecule has 0 saturated carbocycles. The average molecular weight is 241 g/mol. The molecule has 7 heteroatoms. The first-order valence-electron chi connectivity index (χ1n) is 4.91. The number of rotatable bonds is 3. The molecule has 17 heavy (non-hydrogen) atoms. The number of nitro benzene ring substituents is 1. The van der Waals surface area contributed by atoms with E-state index in [2.05, 4.69) is 5.32 Å². The molecule has 0 aliphatic rings. The van der Waals surface area contributed by atoms with Crippen molar-refractivity contribution in [3.8, 4) is 0 Å². The number of anilines is 1. The summed E-state index contributed by atoms with van der Waals surface area (Å²) in [5.74, 6) is -0.980. The molecule has 0 aliphatic heterocycles. The fourth-order valence-corrected chi connectivity index (χ4v) is 1.10. The highest BCUT2D eigenvalue weighted by molar-refractivity contribution is 5.89. The van der Waals surface area contributed by atoms with Crippen LogP contribution in [0.5, 0.6) is 0 Å². The summed E-state index contributed by atoms with van der Waals surface area (Å²) < 4.78 is 13.2. The highest BCUT2D eigenvalue weighted by Gasteiger charge is 2.15. The maximum atomic E-state index is 13.2. The van der Waals surface area contributed by atoms with E-state index in [4.69, 9.17) is 0 Å². The van der Waals surface area contributed by atoms with Gasteiger partial charge in [0.25, 0.3) is 0 Å². The van der Waals surface area contributed by atoms with E-state index in [1.807, 2.05) is 0 Å². The molecule has 0 spiro atoms. The van der Waals surface area contributed by atoms with Crippen LogP contribution in [0.2, 0.25) is 0 Å². The monoisotopic (exact) mass is 241 g/mol. The zero-order chi connectivity index (χ0) is 13.0. The first-order valence-corrected chi connectivity index (χ1v) is 4.91. The quantitative estimate of drug-likeness (QED) is 0.651. The molecule has 1 N–H and O–H groups in total. The number of hydrogen-bond acceptors (Lipinski definition) is 3. The normalized spacial score (nSPS) is 9.82. The number of benzene rings is 1. The fourth-order valence-electron chi connectivity index (χ4n) is 1.10. The Labute approximate surface area is 97.2 Å². The second-order valence-electron chi connectivity index (χ2n) is 3.37. The largest absolute Gasteiger partial charge is 0.328 e. The molecule has 0 aliphatic carbocycles. The molecule has 2 amide bonds. The maximum Gasteiger partial charge on any atom is 0.321 e. The summed E-state index contributed by atoms with van der Waals surface area (Å²) in [6.07, 6.45) is 0. The molecule has 0 radical (unpaired) electrons. The minimum atomic E-state index is -0.980. The Morgan fingerprint density at radius 2 is 2.24 bits per heavy atom. The summed E-state index contributed by atoms with van der Waals surface area (Å²) in [5.41, 5.74) is -0.440. The lowest BCUT2D eigenvalue weighted by Crippen LogP contribution is -2.30. The lowest BCUT2D eigenvalue weighted by molar-refractivity contribution is -0.387. The van der Waals surface area contributed by atoms with Gasteiger partial charge in [-0.1, -0.05) is 0 Å². The molecular weight excluding hydrogens is 229 g/mol. The fraction of sp³-hybridized carbons (Fsp3) is 0.300. The van der Waals surface area contributed by atoms with Crippen LogP contribution in [-0.2, 0) is 0 Å². The van der Waals surface area contributed by atoms with E-state index >= 15 is 0 Å². The Kier molecular flexibility index (Phi) is 3.97. The molecule has 0 aromatic heterocycles. The summed E-state index contributed by atoms with van der Waals surface area (Å²) >= 11 is 0. The molecule has 1 aromatic carbocycles. The standard InChI is InChI=1S/C10H12FN3O3/c1-3-13(2)10(15)12-7-4-5-9(14(16)17)8(11)6-7/h4-6H,3H2,1-2H3,(H,12,15). The van der Waals surface area contributed by atoms with Gasteiger partial charge in [0.2, 0.25) is 5.82 Å². The lowest BCUT2D eigenvalue weighted by atomic mass is 10.2. The molecule has 6 nitrogen and oxygen atoms in total. The summed E-state index contributed by atoms with van der Waals surface area (Å²) in [7, 11) is 1.58. The van der Waals surface area contributed by atoms with Crippen molar-refractivity contribution in [3.05, 3.63) is 34.1 Å². The van der Waals surface area contributed by atoms with Gasteiger partial charge in [-0.3, -0.25) is 10.1 Å². The SMILES string of the molecule is CCN(C)C(=O)Nc1ccc([N+](=O)[O-])c(F)c1. The van der Waals surface area contributed by atoms with Crippen molar-refractivity contribution in [1.82, 2.24) is 4.90 Å². The summed E-state index contributed by atoms with van der Waals surface area (Å²) in [5, 5.41) is 12.8. The van der Waals surface area contributed by atoms with Gasteiger partial charge in [-0.2, -0.15) is 4.39 Å². The lowest BCUT2D eigenvalue weighted by Gasteiger charge is -2.15. The van der Waals surface area contributed by atoms with Crippen molar-refractivity contribution in [1.29, 1.82) is 0 Å². The molecule has 0 bridgehead atoms. The van der Waals surface area contributed by atoms with Crippen LogP contribution in [0.1, 0.15) is 6.92 Å². The molecule has 0 unspecified atom stereocenters. The van der Waals surface area contributed by atoms with Crippen LogP contribution in [0.3, 0.4) is 0 Å². The van der Waals surface area contributed by atoms with Crippen molar-refractivity contribution in [3.63, 3.8) is 0 Å². The van der Waals surface area contributed by atoms with E-state index in [9.17, 15) is 19.3 Å². The number of nitrogens with one attached hydrogen (secondary N) is 1. The van der Waals surface area contributed by atoms with Crippen LogP contribution in [0.25, 0.3) is 0 Å². The van der Waals surface area contributed by atoms with Gasteiger partial charge in [0, 0.05) is 31.4 Å². The zero-order valence-corrected chi connectivity index (χ0v) is 9.44. The first-order chi connectivity index (χ1) is 7.95. The number of amides is 2. The Balaban J connectivity index is 2.84. The third-order valence-corrected chi connectivity index (χ3v) is 2.22. The number of nitrogens with zero attached hydrogens (tertiary/aromatic N) is 2. The van der Waals surface area contributed by atoms with Crippen LogP contribution in [-0.4, -0.2) is 29.4 Å². The highest BCUT2D eigenvalue weighted by Crippen LogP contribution is 2.20. The molecule has 0 atom stereocenters. The van der Waals surface area contributed by atoms with Crippen LogP contribution < -0.4 is 5.32 Å². The van der Waals surface area contributed by atoms with Gasteiger partial charge >= 0.3 is 11.7 Å². The van der Waals surface area contributed by atoms with E-state index < -0.39 is 22.5 Å². The molecule has 0 saturated heterocycles. The first kappa shape index (κ1) is 12.9. The van der Waals surface area contributed by atoms with Gasteiger partial charge in [0.15, 0.2) is 0 Å². The Hall–Kier alpha value is -2.18. The average Bonchev–Trinajstić information content (AvgIpc) is 2.27. The van der Waals surface area contributed by atoms with Crippen molar-refractivity contribution >= 4 is 17.4 Å². The molecule has 0 fully saturated rings. The van der Waals surface area contributed by atoms with E-state index in [0.29, 0.717) is 6.54 Å². The van der Waals surface area contributed by atoms with Crippen LogP contribution in [0.4, 0.5) is 20.6 Å². The number of urea groups is 1. The van der Waals surface area contributed by atoms with Crippen molar-refractivity contribution in [2.75, 3.05) is 18.9 Å². The van der Waals surface area contributed by atoms with Crippen LogP contribution in [0.15, 0.2) is 18.2 Å². The van der Waals surface area contributed by atoms with Crippen LogP contribution in [0, 0.1) is 15.9 Å². The van der Waals surface area contributed by atoms with Crippen molar-refractivity contribution < 1.29 is 14.1 Å². The third kappa shape index (κ3) is 3.13. The predicted molar refractivity (Wildman–Crippen MR) is 60.4 cm³/mol. The van der Waals surface area contributed by atoms with E-state index in [1.165, 1.54) is 11.0 Å². The smallest absolute Gasteiger partial charge is 0.321 e. The molecule has 1 rings (SSSR count). The van der Waals surface area contributed by atoms with E-state index in [-0.39, 0.29) is 5.69 Å². The Morgan fingerprint density at radius 3 is 2.71 bits per heavy atom. The predicted octanol–water partition coefficient (Wildman–Crippen LogP) is 2.22. The van der Waals surface area contributed by atoms with Gasteiger partial charge in [-0.05, 0) is 13.0 Å². The van der Waals surface area contributed by atoms with Crippen LogP contribution >= 0.6 is 0 Å². The molecular formula is C10H12FN3O3. The minimum Gasteiger partial charge on any atom is -0.328 e. The summed E-state index contributed by atoms with van der Waals surface area (Å²) in [6.45, 7) is 2.29. The van der Waals surface area contributed by atoms with Gasteiger partial charge < -0.3 is 10.2 Å². The van der Waals surface area contributed by atoms with Crippen molar-refractivity contribution in [2.45, 2.75) is 6.92 Å². The van der Waals surface area contributed by atoms with Gasteiger partial charge in [0.1, 0.15) is 0 Å².